The molecule has 106 valence electrons. The van der Waals surface area contributed by atoms with E-state index in [1.807, 2.05) is 0 Å². The van der Waals surface area contributed by atoms with Crippen molar-refractivity contribution in [2.45, 2.75) is 11.8 Å². The van der Waals surface area contributed by atoms with Gasteiger partial charge in [0.1, 0.15) is 5.75 Å². The second-order valence-corrected chi connectivity index (χ2v) is 6.68. The van der Waals surface area contributed by atoms with Gasteiger partial charge in [0.25, 0.3) is 10.0 Å². The van der Waals surface area contributed by atoms with Crippen LogP contribution in [-0.2, 0) is 10.0 Å². The molecule has 0 unspecified atom stereocenters. The number of halogens is 2. The Morgan fingerprint density at radius 3 is 2.35 bits per heavy atom. The number of sulfonamides is 1. The van der Waals surface area contributed by atoms with E-state index in [0.29, 0.717) is 11.3 Å². The van der Waals surface area contributed by atoms with Crippen LogP contribution in [-0.4, -0.2) is 13.5 Å². The van der Waals surface area contributed by atoms with E-state index in [1.165, 1.54) is 36.4 Å². The molecule has 7 heteroatoms. The lowest BCUT2D eigenvalue weighted by atomic mass is 10.2. The molecule has 20 heavy (non-hydrogen) atoms. The van der Waals surface area contributed by atoms with E-state index in [2.05, 4.69) is 4.72 Å². The first-order valence-electron chi connectivity index (χ1n) is 5.57. The van der Waals surface area contributed by atoms with E-state index in [4.69, 9.17) is 23.2 Å². The Labute approximate surface area is 127 Å². The predicted octanol–water partition coefficient (Wildman–Crippen LogP) is 3.81. The summed E-state index contributed by atoms with van der Waals surface area (Å²) in [7, 11) is -3.76. The van der Waals surface area contributed by atoms with Crippen LogP contribution in [0.25, 0.3) is 0 Å². The molecule has 0 heterocycles. The molecule has 0 amide bonds. The van der Waals surface area contributed by atoms with Crippen LogP contribution in [0.15, 0.2) is 41.3 Å². The van der Waals surface area contributed by atoms with Gasteiger partial charge in [-0.2, -0.15) is 0 Å². The minimum absolute atomic E-state index is 0.0117. The highest BCUT2D eigenvalue weighted by Gasteiger charge is 2.16. The van der Waals surface area contributed by atoms with Crippen molar-refractivity contribution in [1.29, 1.82) is 0 Å². The lowest BCUT2D eigenvalue weighted by Gasteiger charge is -2.10. The number of aromatic hydroxyl groups is 1. The largest absolute Gasteiger partial charge is 0.508 e. The summed E-state index contributed by atoms with van der Waals surface area (Å²) in [6.07, 6.45) is 0. The normalized spacial score (nSPS) is 11.3. The third kappa shape index (κ3) is 3.17. The highest BCUT2D eigenvalue weighted by Crippen LogP contribution is 2.27. The maximum Gasteiger partial charge on any atom is 0.261 e. The van der Waals surface area contributed by atoms with E-state index >= 15 is 0 Å². The predicted molar refractivity (Wildman–Crippen MR) is 80.1 cm³/mol. The van der Waals surface area contributed by atoms with Gasteiger partial charge in [0.15, 0.2) is 0 Å². The van der Waals surface area contributed by atoms with Crippen LogP contribution in [0.2, 0.25) is 10.0 Å². The van der Waals surface area contributed by atoms with Crippen LogP contribution in [0.4, 0.5) is 5.69 Å². The Bertz CT molecular complexity index is 760. The van der Waals surface area contributed by atoms with E-state index in [1.54, 1.807) is 6.92 Å². The van der Waals surface area contributed by atoms with Gasteiger partial charge in [0.05, 0.1) is 14.9 Å². The zero-order valence-corrected chi connectivity index (χ0v) is 12.7. The van der Waals surface area contributed by atoms with Crippen LogP contribution in [0.5, 0.6) is 5.75 Å². The van der Waals surface area contributed by atoms with Gasteiger partial charge < -0.3 is 5.11 Å². The number of benzene rings is 2. The molecule has 4 nitrogen and oxygen atoms in total. The molecule has 0 saturated carbocycles. The second kappa shape index (κ2) is 5.52. The van der Waals surface area contributed by atoms with Gasteiger partial charge in [-0.1, -0.05) is 23.2 Å². The molecule has 0 aromatic heterocycles. The van der Waals surface area contributed by atoms with Crippen LogP contribution in [0.1, 0.15) is 5.56 Å². The van der Waals surface area contributed by atoms with Gasteiger partial charge >= 0.3 is 0 Å². The molecular formula is C13H11Cl2NO3S. The molecule has 0 saturated heterocycles. The first-order chi connectivity index (χ1) is 9.29. The summed E-state index contributed by atoms with van der Waals surface area (Å²) in [5.74, 6) is 0.0995. The standard InChI is InChI=1S/C13H11Cl2NO3S/c1-8-6-9(2-5-13(8)17)16-20(18,19)10-3-4-11(14)12(15)7-10/h2-7,16-17H,1H3. The Morgan fingerprint density at radius 2 is 1.75 bits per heavy atom. The lowest BCUT2D eigenvalue weighted by Crippen LogP contribution is -2.13. The van der Waals surface area contributed by atoms with Crippen molar-refractivity contribution in [3.8, 4) is 5.75 Å². The Morgan fingerprint density at radius 1 is 1.05 bits per heavy atom. The molecule has 0 atom stereocenters. The number of hydrogen-bond donors (Lipinski definition) is 2. The molecule has 2 N–H and O–H groups in total. The summed E-state index contributed by atoms with van der Waals surface area (Å²) >= 11 is 11.6. The molecule has 0 aliphatic rings. The Kier molecular flexibility index (Phi) is 4.13. The minimum Gasteiger partial charge on any atom is -0.508 e. The number of rotatable bonds is 3. The zero-order valence-electron chi connectivity index (χ0n) is 10.4. The van der Waals surface area contributed by atoms with Crippen LogP contribution < -0.4 is 4.72 Å². The summed E-state index contributed by atoms with van der Waals surface area (Å²) in [6.45, 7) is 1.67. The van der Waals surface area contributed by atoms with Crippen molar-refractivity contribution < 1.29 is 13.5 Å². The number of phenols is 1. The first kappa shape index (κ1) is 15.0. The smallest absolute Gasteiger partial charge is 0.261 e. The average Bonchev–Trinajstić information content (AvgIpc) is 2.37. The summed E-state index contributed by atoms with van der Waals surface area (Å²) in [6, 6.07) is 8.48. The van der Waals surface area contributed by atoms with E-state index in [-0.39, 0.29) is 20.7 Å². The molecule has 2 rings (SSSR count). The molecule has 0 spiro atoms. The lowest BCUT2D eigenvalue weighted by molar-refractivity contribution is 0.471. The van der Waals surface area contributed by atoms with E-state index < -0.39 is 10.0 Å². The SMILES string of the molecule is Cc1cc(NS(=O)(=O)c2ccc(Cl)c(Cl)c2)ccc1O. The number of hydrogen-bond acceptors (Lipinski definition) is 3. The highest BCUT2D eigenvalue weighted by molar-refractivity contribution is 7.92. The Balaban J connectivity index is 2.35. The fourth-order valence-corrected chi connectivity index (χ4v) is 3.02. The maximum atomic E-state index is 12.2. The van der Waals surface area contributed by atoms with Crippen LogP contribution in [0.3, 0.4) is 0 Å². The van der Waals surface area contributed by atoms with Crippen molar-refractivity contribution >= 4 is 38.9 Å². The van der Waals surface area contributed by atoms with Crippen LogP contribution in [0, 0.1) is 6.92 Å². The minimum atomic E-state index is -3.76. The topological polar surface area (TPSA) is 66.4 Å². The molecule has 2 aromatic carbocycles. The van der Waals surface area contributed by atoms with Crippen molar-refractivity contribution in [2.75, 3.05) is 4.72 Å². The molecular weight excluding hydrogens is 321 g/mol. The molecule has 0 aliphatic carbocycles. The van der Waals surface area contributed by atoms with Crippen LogP contribution >= 0.6 is 23.2 Å². The average molecular weight is 332 g/mol. The van der Waals surface area contributed by atoms with Crippen molar-refractivity contribution in [3.63, 3.8) is 0 Å². The second-order valence-electron chi connectivity index (χ2n) is 4.18. The summed E-state index contributed by atoms with van der Waals surface area (Å²) in [4.78, 5) is 0.0117. The molecule has 0 bridgehead atoms. The highest BCUT2D eigenvalue weighted by atomic mass is 35.5. The molecule has 0 aliphatic heterocycles. The summed E-state index contributed by atoms with van der Waals surface area (Å²) in [5, 5.41) is 9.86. The van der Waals surface area contributed by atoms with Gasteiger partial charge in [-0.15, -0.1) is 0 Å². The zero-order chi connectivity index (χ0) is 14.9. The fraction of sp³-hybridized carbons (Fsp3) is 0.0769. The summed E-state index contributed by atoms with van der Waals surface area (Å²) in [5.41, 5.74) is 0.922. The monoisotopic (exact) mass is 331 g/mol. The van der Waals surface area contributed by atoms with Crippen molar-refractivity contribution in [3.05, 3.63) is 52.0 Å². The van der Waals surface area contributed by atoms with Gasteiger partial charge in [-0.3, -0.25) is 4.72 Å². The third-order valence-electron chi connectivity index (χ3n) is 2.65. The molecule has 0 radical (unpaired) electrons. The van der Waals surface area contributed by atoms with Gasteiger partial charge in [0.2, 0.25) is 0 Å². The number of nitrogens with one attached hydrogen (secondary N) is 1. The third-order valence-corrected chi connectivity index (χ3v) is 4.77. The van der Waals surface area contributed by atoms with Crippen molar-refractivity contribution in [2.24, 2.45) is 0 Å². The quantitative estimate of drug-likeness (QED) is 0.840. The fourth-order valence-electron chi connectivity index (χ4n) is 1.58. The van der Waals surface area contributed by atoms with Gasteiger partial charge in [0, 0.05) is 5.69 Å². The van der Waals surface area contributed by atoms with E-state index in [0.717, 1.165) is 0 Å². The van der Waals surface area contributed by atoms with Gasteiger partial charge in [-0.25, -0.2) is 8.42 Å². The maximum absolute atomic E-state index is 12.2. The number of phenolic OH excluding ortho intramolecular Hbond substituents is 1. The number of aryl methyl sites for hydroxylation is 1. The molecule has 0 fully saturated rings. The Hall–Kier alpha value is -1.43. The van der Waals surface area contributed by atoms with Crippen molar-refractivity contribution in [1.82, 2.24) is 0 Å². The van der Waals surface area contributed by atoms with Gasteiger partial charge in [-0.05, 0) is 48.9 Å². The number of anilines is 1. The summed E-state index contributed by atoms with van der Waals surface area (Å²) < 4.78 is 26.8. The van der Waals surface area contributed by atoms with E-state index in [9.17, 15) is 13.5 Å². The first-order valence-corrected chi connectivity index (χ1v) is 7.81. The molecule has 2 aromatic rings.